The van der Waals surface area contributed by atoms with Crippen LogP contribution in [0.3, 0.4) is 0 Å². The Balaban J connectivity index is 1.92. The summed E-state index contributed by atoms with van der Waals surface area (Å²) in [6.45, 7) is 0.545. The second-order valence-corrected chi connectivity index (χ2v) is 4.73. The lowest BCUT2D eigenvalue weighted by Crippen LogP contribution is -2.12. The summed E-state index contributed by atoms with van der Waals surface area (Å²) >= 11 is 0. The third kappa shape index (κ3) is 2.04. The van der Waals surface area contributed by atoms with Crippen molar-refractivity contribution in [3.05, 3.63) is 47.1 Å². The molecule has 0 spiro atoms. The number of hydrogen-bond donors (Lipinski definition) is 1. The Morgan fingerprint density at radius 1 is 1.33 bits per heavy atom. The van der Waals surface area contributed by atoms with Crippen molar-refractivity contribution < 1.29 is 4.52 Å². The van der Waals surface area contributed by atoms with Crippen LogP contribution in [0.2, 0.25) is 0 Å². The first-order valence-corrected chi connectivity index (χ1v) is 6.49. The minimum atomic E-state index is 0.283. The zero-order valence-corrected chi connectivity index (χ0v) is 10.3. The number of nitrogens with zero attached hydrogens (tertiary/aromatic N) is 2. The highest BCUT2D eigenvalue weighted by atomic mass is 16.5. The maximum atomic E-state index is 5.50. The van der Waals surface area contributed by atoms with Crippen molar-refractivity contribution in [3.63, 3.8) is 0 Å². The fraction of sp³-hybridized carbons (Fsp3) is 0.429. The van der Waals surface area contributed by atoms with Crippen LogP contribution in [0.4, 0.5) is 0 Å². The molecule has 4 heteroatoms. The average molecular weight is 243 g/mol. The SMILES string of the molecule is NCCc1nc(C2CCCc3ccccc32)no1. The summed E-state index contributed by atoms with van der Waals surface area (Å²) in [6.07, 6.45) is 4.09. The Kier molecular flexibility index (Phi) is 3.11. The number of hydrogen-bond acceptors (Lipinski definition) is 4. The molecule has 1 aromatic heterocycles. The summed E-state index contributed by atoms with van der Waals surface area (Å²) in [4.78, 5) is 4.46. The molecule has 1 aromatic carbocycles. The number of aromatic nitrogens is 2. The van der Waals surface area contributed by atoms with Gasteiger partial charge in [0.05, 0.1) is 0 Å². The molecule has 0 fully saturated rings. The molecule has 1 heterocycles. The van der Waals surface area contributed by atoms with Crippen molar-refractivity contribution in [2.45, 2.75) is 31.6 Å². The molecule has 1 aliphatic rings. The first-order chi connectivity index (χ1) is 8.88. The van der Waals surface area contributed by atoms with E-state index in [1.54, 1.807) is 0 Å². The van der Waals surface area contributed by atoms with Crippen LogP contribution in [0.15, 0.2) is 28.8 Å². The van der Waals surface area contributed by atoms with E-state index in [1.807, 2.05) is 0 Å². The first kappa shape index (κ1) is 11.4. The Bertz CT molecular complexity index is 535. The van der Waals surface area contributed by atoms with Crippen LogP contribution in [0.25, 0.3) is 0 Å². The normalized spacial score (nSPS) is 18.6. The maximum absolute atomic E-state index is 5.50. The third-order valence-corrected chi connectivity index (χ3v) is 3.52. The zero-order chi connectivity index (χ0) is 12.4. The molecule has 0 aliphatic heterocycles. The predicted octanol–water partition coefficient (Wildman–Crippen LogP) is 2.04. The molecule has 0 radical (unpaired) electrons. The predicted molar refractivity (Wildman–Crippen MR) is 68.3 cm³/mol. The summed E-state index contributed by atoms with van der Waals surface area (Å²) in [5.74, 6) is 1.74. The fourth-order valence-corrected chi connectivity index (χ4v) is 2.66. The van der Waals surface area contributed by atoms with E-state index < -0.39 is 0 Å². The van der Waals surface area contributed by atoms with Crippen molar-refractivity contribution in [1.29, 1.82) is 0 Å². The molecular weight excluding hydrogens is 226 g/mol. The highest BCUT2D eigenvalue weighted by Crippen LogP contribution is 2.34. The first-order valence-electron chi connectivity index (χ1n) is 6.49. The number of benzene rings is 1. The zero-order valence-electron chi connectivity index (χ0n) is 10.3. The third-order valence-electron chi connectivity index (χ3n) is 3.52. The Labute approximate surface area is 106 Å². The topological polar surface area (TPSA) is 64.9 Å². The van der Waals surface area contributed by atoms with Gasteiger partial charge >= 0.3 is 0 Å². The van der Waals surface area contributed by atoms with Crippen molar-refractivity contribution in [1.82, 2.24) is 10.1 Å². The van der Waals surface area contributed by atoms with Gasteiger partial charge in [0.25, 0.3) is 0 Å². The second kappa shape index (κ2) is 4.90. The van der Waals surface area contributed by atoms with Gasteiger partial charge in [-0.3, -0.25) is 0 Å². The van der Waals surface area contributed by atoms with Crippen molar-refractivity contribution >= 4 is 0 Å². The summed E-state index contributed by atoms with van der Waals surface area (Å²) in [6, 6.07) is 8.55. The Morgan fingerprint density at radius 3 is 3.11 bits per heavy atom. The summed E-state index contributed by atoms with van der Waals surface area (Å²) in [5.41, 5.74) is 8.26. The Hall–Kier alpha value is -1.68. The molecule has 2 aromatic rings. The van der Waals surface area contributed by atoms with Gasteiger partial charge in [-0.05, 0) is 30.4 Å². The van der Waals surface area contributed by atoms with E-state index in [1.165, 1.54) is 17.5 Å². The molecule has 0 amide bonds. The van der Waals surface area contributed by atoms with Gasteiger partial charge in [0, 0.05) is 18.9 Å². The molecule has 1 aliphatic carbocycles. The van der Waals surface area contributed by atoms with Gasteiger partial charge in [-0.25, -0.2) is 0 Å². The molecule has 0 saturated carbocycles. The molecule has 3 rings (SSSR count). The number of nitrogens with two attached hydrogens (primary N) is 1. The fourth-order valence-electron chi connectivity index (χ4n) is 2.66. The molecule has 94 valence electrons. The van der Waals surface area contributed by atoms with Crippen molar-refractivity contribution in [2.75, 3.05) is 6.54 Å². The lowest BCUT2D eigenvalue weighted by atomic mass is 9.82. The van der Waals surface area contributed by atoms with Crippen LogP contribution >= 0.6 is 0 Å². The van der Waals surface area contributed by atoms with Gasteiger partial charge in [-0.15, -0.1) is 0 Å². The highest BCUT2D eigenvalue weighted by molar-refractivity contribution is 5.36. The van der Waals surface area contributed by atoms with Crippen LogP contribution in [0.5, 0.6) is 0 Å². The second-order valence-electron chi connectivity index (χ2n) is 4.73. The number of rotatable bonds is 3. The van der Waals surface area contributed by atoms with Crippen molar-refractivity contribution in [3.8, 4) is 0 Å². The van der Waals surface area contributed by atoms with E-state index in [0.29, 0.717) is 18.9 Å². The van der Waals surface area contributed by atoms with Gasteiger partial charge in [-0.1, -0.05) is 29.4 Å². The van der Waals surface area contributed by atoms with E-state index in [2.05, 4.69) is 34.4 Å². The van der Waals surface area contributed by atoms with Gasteiger partial charge in [-0.2, -0.15) is 4.98 Å². The maximum Gasteiger partial charge on any atom is 0.227 e. The van der Waals surface area contributed by atoms with E-state index >= 15 is 0 Å². The quantitative estimate of drug-likeness (QED) is 0.896. The van der Waals surface area contributed by atoms with Gasteiger partial charge < -0.3 is 10.3 Å². The summed E-state index contributed by atoms with van der Waals surface area (Å²) < 4.78 is 5.23. The standard InChI is InChI=1S/C14H17N3O/c15-9-8-13-16-14(17-18-13)12-7-3-5-10-4-1-2-6-11(10)12/h1-2,4,6,12H,3,5,7-9,15H2. The van der Waals surface area contributed by atoms with E-state index in [0.717, 1.165) is 18.7 Å². The lowest BCUT2D eigenvalue weighted by molar-refractivity contribution is 0.370. The largest absolute Gasteiger partial charge is 0.339 e. The van der Waals surface area contributed by atoms with Gasteiger partial charge in [0.2, 0.25) is 5.89 Å². The monoisotopic (exact) mass is 243 g/mol. The molecule has 0 bridgehead atoms. The van der Waals surface area contributed by atoms with E-state index in [4.69, 9.17) is 10.3 Å². The van der Waals surface area contributed by atoms with Crippen LogP contribution in [0, 0.1) is 0 Å². The molecule has 18 heavy (non-hydrogen) atoms. The average Bonchev–Trinajstić information content (AvgIpc) is 2.87. The number of aryl methyl sites for hydroxylation is 1. The molecule has 1 unspecified atom stereocenters. The summed E-state index contributed by atoms with van der Waals surface area (Å²) in [5, 5.41) is 4.12. The molecule has 1 atom stereocenters. The Morgan fingerprint density at radius 2 is 2.22 bits per heavy atom. The van der Waals surface area contributed by atoms with E-state index in [-0.39, 0.29) is 5.92 Å². The minimum absolute atomic E-state index is 0.283. The smallest absolute Gasteiger partial charge is 0.227 e. The number of fused-ring (bicyclic) bond motifs is 1. The van der Waals surface area contributed by atoms with Crippen LogP contribution in [-0.2, 0) is 12.8 Å². The molecular formula is C14H17N3O. The minimum Gasteiger partial charge on any atom is -0.339 e. The van der Waals surface area contributed by atoms with Crippen LogP contribution < -0.4 is 5.73 Å². The van der Waals surface area contributed by atoms with Crippen molar-refractivity contribution in [2.24, 2.45) is 5.73 Å². The molecule has 0 saturated heterocycles. The molecule has 2 N–H and O–H groups in total. The summed E-state index contributed by atoms with van der Waals surface area (Å²) in [7, 11) is 0. The molecule has 4 nitrogen and oxygen atoms in total. The van der Waals surface area contributed by atoms with Crippen LogP contribution in [-0.4, -0.2) is 16.7 Å². The van der Waals surface area contributed by atoms with Gasteiger partial charge in [0.15, 0.2) is 5.82 Å². The highest BCUT2D eigenvalue weighted by Gasteiger charge is 2.25. The van der Waals surface area contributed by atoms with Gasteiger partial charge in [0.1, 0.15) is 0 Å². The van der Waals surface area contributed by atoms with E-state index in [9.17, 15) is 0 Å². The lowest BCUT2D eigenvalue weighted by Gasteiger charge is -2.22. The van der Waals surface area contributed by atoms with Crippen LogP contribution in [0.1, 0.15) is 41.6 Å².